The van der Waals surface area contributed by atoms with Crippen LogP contribution in [0.25, 0.3) is 0 Å². The van der Waals surface area contributed by atoms with Crippen LogP contribution in [0.15, 0.2) is 0 Å². The van der Waals surface area contributed by atoms with Gasteiger partial charge in [-0.05, 0) is 18.8 Å². The highest BCUT2D eigenvalue weighted by atomic mass is 16.4. The Morgan fingerprint density at radius 3 is 2.14 bits per heavy atom. The van der Waals surface area contributed by atoms with E-state index in [0.717, 1.165) is 19.3 Å². The van der Waals surface area contributed by atoms with Gasteiger partial charge in [-0.1, -0.05) is 19.8 Å². The molecule has 0 aromatic carbocycles. The van der Waals surface area contributed by atoms with E-state index in [1.54, 1.807) is 0 Å². The summed E-state index contributed by atoms with van der Waals surface area (Å²) in [4.78, 5) is 32.7. The second kappa shape index (κ2) is 12.0. The van der Waals surface area contributed by atoms with Crippen LogP contribution < -0.4 is 16.0 Å². The Labute approximate surface area is 125 Å². The summed E-state index contributed by atoms with van der Waals surface area (Å²) in [7, 11) is 0. The Morgan fingerprint density at radius 2 is 1.57 bits per heavy atom. The summed E-state index contributed by atoms with van der Waals surface area (Å²) >= 11 is 0. The number of carbonyl (C=O) groups excluding carboxylic acids is 2. The molecule has 4 N–H and O–H groups in total. The topological polar surface area (TPSA) is 108 Å². The first-order valence-electron chi connectivity index (χ1n) is 7.43. The van der Waals surface area contributed by atoms with Crippen LogP contribution in [-0.2, 0) is 9.59 Å². The van der Waals surface area contributed by atoms with E-state index >= 15 is 0 Å². The number of nitrogens with one attached hydrogen (secondary N) is 3. The molecule has 0 rings (SSSR count). The van der Waals surface area contributed by atoms with Crippen LogP contribution in [0.4, 0.5) is 4.79 Å². The minimum Gasteiger partial charge on any atom is -0.481 e. The molecular formula is C14H27N3O4. The molecule has 1 atom stereocenters. The molecule has 3 amide bonds. The van der Waals surface area contributed by atoms with Crippen LogP contribution in [0.2, 0.25) is 0 Å². The first-order valence-corrected chi connectivity index (χ1v) is 7.43. The van der Waals surface area contributed by atoms with Crippen molar-refractivity contribution in [3.8, 4) is 0 Å². The molecule has 0 aromatic heterocycles. The van der Waals surface area contributed by atoms with Crippen molar-refractivity contribution in [1.29, 1.82) is 0 Å². The number of amides is 3. The van der Waals surface area contributed by atoms with Crippen molar-refractivity contribution in [3.05, 3.63) is 0 Å². The molecule has 0 aliphatic carbocycles. The molecular weight excluding hydrogens is 274 g/mol. The molecule has 1 unspecified atom stereocenters. The van der Waals surface area contributed by atoms with Crippen molar-refractivity contribution in [1.82, 2.24) is 16.0 Å². The van der Waals surface area contributed by atoms with Crippen molar-refractivity contribution < 1.29 is 19.5 Å². The predicted molar refractivity (Wildman–Crippen MR) is 80.0 cm³/mol. The van der Waals surface area contributed by atoms with E-state index in [0.29, 0.717) is 32.0 Å². The van der Waals surface area contributed by atoms with Crippen molar-refractivity contribution in [2.24, 2.45) is 5.92 Å². The van der Waals surface area contributed by atoms with Gasteiger partial charge in [0.15, 0.2) is 0 Å². The van der Waals surface area contributed by atoms with Crippen molar-refractivity contribution in [3.63, 3.8) is 0 Å². The van der Waals surface area contributed by atoms with E-state index in [1.165, 1.54) is 6.92 Å². The molecule has 0 bridgehead atoms. The zero-order valence-corrected chi connectivity index (χ0v) is 12.9. The van der Waals surface area contributed by atoms with Gasteiger partial charge < -0.3 is 21.1 Å². The van der Waals surface area contributed by atoms with Crippen LogP contribution >= 0.6 is 0 Å². The fourth-order valence-corrected chi connectivity index (χ4v) is 2.04. The van der Waals surface area contributed by atoms with Gasteiger partial charge >= 0.3 is 12.0 Å². The Hall–Kier alpha value is -1.79. The lowest BCUT2D eigenvalue weighted by Gasteiger charge is -2.15. The molecule has 0 fully saturated rings. The van der Waals surface area contributed by atoms with Gasteiger partial charge in [-0.25, -0.2) is 4.79 Å². The fraction of sp³-hybridized carbons (Fsp3) is 0.786. The van der Waals surface area contributed by atoms with Crippen LogP contribution in [0, 0.1) is 5.92 Å². The number of aliphatic carboxylic acids is 1. The first kappa shape index (κ1) is 19.2. The Bertz CT molecular complexity index is 334. The van der Waals surface area contributed by atoms with Crippen LogP contribution in [-0.4, -0.2) is 42.6 Å². The summed E-state index contributed by atoms with van der Waals surface area (Å²) in [5, 5.41) is 16.6. The highest BCUT2D eigenvalue weighted by Crippen LogP contribution is 2.16. The third-order valence-electron chi connectivity index (χ3n) is 3.09. The molecule has 0 aliphatic rings. The Balaban J connectivity index is 3.73. The molecule has 0 heterocycles. The Morgan fingerprint density at radius 1 is 0.952 bits per heavy atom. The van der Waals surface area contributed by atoms with Crippen molar-refractivity contribution in [2.45, 2.75) is 46.0 Å². The third kappa shape index (κ3) is 13.0. The molecule has 122 valence electrons. The molecule has 0 aromatic rings. The van der Waals surface area contributed by atoms with Crippen molar-refractivity contribution >= 4 is 17.9 Å². The molecule has 0 aliphatic heterocycles. The first-order chi connectivity index (χ1) is 9.95. The number of hydrogen-bond acceptors (Lipinski definition) is 3. The van der Waals surface area contributed by atoms with Gasteiger partial charge in [-0.2, -0.15) is 0 Å². The van der Waals surface area contributed by atoms with Crippen LogP contribution in [0.3, 0.4) is 0 Å². The summed E-state index contributed by atoms with van der Waals surface area (Å²) in [6, 6.07) is -0.270. The highest BCUT2D eigenvalue weighted by Gasteiger charge is 2.10. The van der Waals surface area contributed by atoms with E-state index in [-0.39, 0.29) is 18.4 Å². The number of urea groups is 1. The SMILES string of the molecule is CCCC(CCNC(=O)NCCNC(C)=O)CCC(=O)O. The molecule has 7 heteroatoms. The summed E-state index contributed by atoms with van der Waals surface area (Å²) in [5.41, 5.74) is 0. The average molecular weight is 301 g/mol. The van der Waals surface area contributed by atoms with Gasteiger partial charge in [0.1, 0.15) is 0 Å². The lowest BCUT2D eigenvalue weighted by molar-refractivity contribution is -0.137. The van der Waals surface area contributed by atoms with E-state index < -0.39 is 5.97 Å². The molecule has 0 radical (unpaired) electrons. The maximum Gasteiger partial charge on any atom is 0.314 e. The van der Waals surface area contributed by atoms with E-state index in [4.69, 9.17) is 5.11 Å². The second-order valence-electron chi connectivity index (χ2n) is 5.04. The lowest BCUT2D eigenvalue weighted by Crippen LogP contribution is -2.40. The Kier molecular flexibility index (Phi) is 11.0. The molecule has 0 saturated carbocycles. The number of carboxylic acids is 1. The van der Waals surface area contributed by atoms with Crippen LogP contribution in [0.1, 0.15) is 46.0 Å². The van der Waals surface area contributed by atoms with Crippen molar-refractivity contribution in [2.75, 3.05) is 19.6 Å². The minimum atomic E-state index is -0.778. The fourth-order valence-electron chi connectivity index (χ4n) is 2.04. The summed E-state index contributed by atoms with van der Waals surface area (Å²) < 4.78 is 0. The van der Waals surface area contributed by atoms with Gasteiger partial charge in [0.2, 0.25) is 5.91 Å². The van der Waals surface area contributed by atoms with E-state index in [2.05, 4.69) is 22.9 Å². The molecule has 21 heavy (non-hydrogen) atoms. The zero-order valence-electron chi connectivity index (χ0n) is 12.9. The monoisotopic (exact) mass is 301 g/mol. The third-order valence-corrected chi connectivity index (χ3v) is 3.09. The number of carbonyl (C=O) groups is 3. The number of rotatable bonds is 11. The highest BCUT2D eigenvalue weighted by molar-refractivity contribution is 5.74. The minimum absolute atomic E-state index is 0.127. The molecule has 7 nitrogen and oxygen atoms in total. The zero-order chi connectivity index (χ0) is 16.1. The summed E-state index contributed by atoms with van der Waals surface area (Å²) in [6.07, 6.45) is 3.58. The van der Waals surface area contributed by atoms with E-state index in [9.17, 15) is 14.4 Å². The number of hydrogen-bond donors (Lipinski definition) is 4. The standard InChI is InChI=1S/C14H27N3O4/c1-3-4-12(5-6-13(19)20)7-8-16-14(21)17-10-9-15-11(2)18/h12H,3-10H2,1-2H3,(H,15,18)(H,19,20)(H2,16,17,21). The smallest absolute Gasteiger partial charge is 0.314 e. The summed E-state index contributed by atoms with van der Waals surface area (Å²) in [6.45, 7) is 4.79. The maximum atomic E-state index is 11.5. The normalized spacial score (nSPS) is 11.5. The summed E-state index contributed by atoms with van der Waals surface area (Å²) in [5.74, 6) is -0.580. The quantitative estimate of drug-likeness (QED) is 0.428. The maximum absolute atomic E-state index is 11.5. The largest absolute Gasteiger partial charge is 0.481 e. The van der Waals surface area contributed by atoms with E-state index in [1.807, 2.05) is 0 Å². The number of carboxylic acid groups (broad SMARTS) is 1. The van der Waals surface area contributed by atoms with Gasteiger partial charge in [-0.3, -0.25) is 9.59 Å². The molecule has 0 saturated heterocycles. The van der Waals surface area contributed by atoms with Gasteiger partial charge in [0.25, 0.3) is 0 Å². The van der Waals surface area contributed by atoms with Crippen LogP contribution in [0.5, 0.6) is 0 Å². The second-order valence-corrected chi connectivity index (χ2v) is 5.04. The average Bonchev–Trinajstić information content (AvgIpc) is 2.40. The van der Waals surface area contributed by atoms with Gasteiger partial charge in [0, 0.05) is 33.0 Å². The van der Waals surface area contributed by atoms with Gasteiger partial charge in [-0.15, -0.1) is 0 Å². The predicted octanol–water partition coefficient (Wildman–Crippen LogP) is 1.09. The molecule has 0 spiro atoms. The van der Waals surface area contributed by atoms with Gasteiger partial charge in [0.05, 0.1) is 0 Å². The lowest BCUT2D eigenvalue weighted by atomic mass is 9.94.